The highest BCUT2D eigenvalue weighted by molar-refractivity contribution is 7.92. The van der Waals surface area contributed by atoms with Gasteiger partial charge in [0, 0.05) is 36.8 Å². The van der Waals surface area contributed by atoms with Gasteiger partial charge in [-0.2, -0.15) is 0 Å². The smallest absolute Gasteiger partial charge is 0.253 e. The Hall–Kier alpha value is -3.65. The van der Waals surface area contributed by atoms with Crippen LogP contribution in [0.4, 0.5) is 5.69 Å². The van der Waals surface area contributed by atoms with Crippen molar-refractivity contribution in [2.75, 3.05) is 36.7 Å². The molecule has 4 aromatic carbocycles. The van der Waals surface area contributed by atoms with Gasteiger partial charge >= 0.3 is 0 Å². The molecule has 0 bridgehead atoms. The zero-order valence-electron chi connectivity index (χ0n) is 22.4. The van der Waals surface area contributed by atoms with Crippen molar-refractivity contribution in [2.45, 2.75) is 12.6 Å². The third kappa shape index (κ3) is 6.55. The number of carbonyl (C=O) groups is 1. The number of halogens is 1. The van der Waals surface area contributed by atoms with Crippen LogP contribution in [-0.4, -0.2) is 56.6 Å². The number of benzene rings is 4. The number of rotatable bonds is 8. The Balaban J connectivity index is 1.26. The number of carbonyl (C=O) groups excluding carboxylic acids is 1. The topological polar surface area (TPSA) is 60.9 Å². The van der Waals surface area contributed by atoms with Crippen LogP contribution in [0, 0.1) is 0 Å². The monoisotopic (exact) mass is 573 g/mol. The van der Waals surface area contributed by atoms with Crippen LogP contribution >= 0.6 is 11.6 Å². The van der Waals surface area contributed by atoms with E-state index >= 15 is 0 Å². The summed E-state index contributed by atoms with van der Waals surface area (Å²) in [5.74, 6) is -0.0167. The maximum absolute atomic E-state index is 13.4. The summed E-state index contributed by atoms with van der Waals surface area (Å²) in [5.41, 5.74) is 4.35. The maximum atomic E-state index is 13.4. The molecule has 4 aromatic rings. The van der Waals surface area contributed by atoms with Gasteiger partial charge in [0.25, 0.3) is 5.91 Å². The highest BCUT2D eigenvalue weighted by Gasteiger charge is 2.28. The standard InChI is InChI=1S/C32H32ClN3O3S/c1-40(38,39)36(30-14-8-13-29(33)23-30)24-25-15-17-28(18-16-25)32(37)35-21-19-34(20-22-35)31(26-9-4-2-5-10-26)27-11-6-3-7-12-27/h2-18,23,31H,19-22,24H2,1H3. The number of hydrogen-bond donors (Lipinski definition) is 0. The Morgan fingerprint density at radius 1 is 0.800 bits per heavy atom. The van der Waals surface area contributed by atoms with E-state index in [-0.39, 0.29) is 18.5 Å². The van der Waals surface area contributed by atoms with Gasteiger partial charge in [-0.1, -0.05) is 90.5 Å². The van der Waals surface area contributed by atoms with E-state index in [1.165, 1.54) is 21.7 Å². The minimum atomic E-state index is -3.53. The van der Waals surface area contributed by atoms with Gasteiger partial charge in [-0.3, -0.25) is 14.0 Å². The second-order valence-corrected chi connectivity index (χ2v) is 12.3. The van der Waals surface area contributed by atoms with E-state index in [2.05, 4.69) is 53.4 Å². The molecule has 6 nitrogen and oxygen atoms in total. The van der Waals surface area contributed by atoms with Crippen molar-refractivity contribution in [3.8, 4) is 0 Å². The first kappa shape index (κ1) is 27.9. The Morgan fingerprint density at radius 2 is 1.38 bits per heavy atom. The van der Waals surface area contributed by atoms with E-state index in [1.54, 1.807) is 36.4 Å². The van der Waals surface area contributed by atoms with Crippen LogP contribution in [0.5, 0.6) is 0 Å². The molecule has 1 aliphatic rings. The first-order valence-electron chi connectivity index (χ1n) is 13.2. The molecular weight excluding hydrogens is 542 g/mol. The van der Waals surface area contributed by atoms with Gasteiger partial charge in [0.1, 0.15) is 0 Å². The summed E-state index contributed by atoms with van der Waals surface area (Å²) >= 11 is 6.09. The van der Waals surface area contributed by atoms with Gasteiger partial charge in [-0.05, 0) is 47.0 Å². The fourth-order valence-electron chi connectivity index (χ4n) is 5.20. The summed E-state index contributed by atoms with van der Waals surface area (Å²) in [6.07, 6.45) is 1.17. The molecular formula is C32H32ClN3O3S. The van der Waals surface area contributed by atoms with Gasteiger partial charge < -0.3 is 4.90 Å². The van der Waals surface area contributed by atoms with E-state index in [9.17, 15) is 13.2 Å². The molecule has 0 unspecified atom stereocenters. The molecule has 1 aliphatic heterocycles. The molecule has 0 aliphatic carbocycles. The van der Waals surface area contributed by atoms with Crippen molar-refractivity contribution in [1.29, 1.82) is 0 Å². The maximum Gasteiger partial charge on any atom is 0.253 e. The Bertz CT molecular complexity index is 1500. The van der Waals surface area contributed by atoms with Crippen LogP contribution < -0.4 is 4.31 Å². The van der Waals surface area contributed by atoms with Crippen LogP contribution in [0.25, 0.3) is 0 Å². The summed E-state index contributed by atoms with van der Waals surface area (Å²) in [6.45, 7) is 2.94. The lowest BCUT2D eigenvalue weighted by molar-refractivity contribution is 0.0597. The first-order valence-corrected chi connectivity index (χ1v) is 15.5. The Labute approximate surface area is 241 Å². The fraction of sp³-hybridized carbons (Fsp3) is 0.219. The van der Waals surface area contributed by atoms with E-state index in [0.29, 0.717) is 29.4 Å². The van der Waals surface area contributed by atoms with Crippen LogP contribution in [0.2, 0.25) is 5.02 Å². The van der Waals surface area contributed by atoms with Crippen LogP contribution in [0.15, 0.2) is 109 Å². The molecule has 1 amide bonds. The van der Waals surface area contributed by atoms with Gasteiger partial charge in [-0.15, -0.1) is 0 Å². The quantitative estimate of drug-likeness (QED) is 0.265. The van der Waals surface area contributed by atoms with Crippen molar-refractivity contribution in [2.24, 2.45) is 0 Å². The average molecular weight is 574 g/mol. The molecule has 0 radical (unpaired) electrons. The lowest BCUT2D eigenvalue weighted by Gasteiger charge is -2.39. The van der Waals surface area contributed by atoms with Gasteiger partial charge in [0.15, 0.2) is 0 Å². The summed E-state index contributed by atoms with van der Waals surface area (Å²) in [4.78, 5) is 17.7. The van der Waals surface area contributed by atoms with Crippen molar-refractivity contribution < 1.29 is 13.2 Å². The third-order valence-electron chi connectivity index (χ3n) is 7.22. The van der Waals surface area contributed by atoms with Crippen molar-refractivity contribution in [1.82, 2.24) is 9.80 Å². The van der Waals surface area contributed by atoms with E-state index in [1.807, 2.05) is 29.2 Å². The van der Waals surface area contributed by atoms with Crippen molar-refractivity contribution in [3.05, 3.63) is 136 Å². The summed E-state index contributed by atoms with van der Waals surface area (Å²) in [6, 6.07) is 35.1. The van der Waals surface area contributed by atoms with Gasteiger partial charge in [0.2, 0.25) is 10.0 Å². The predicted molar refractivity (Wildman–Crippen MR) is 161 cm³/mol. The average Bonchev–Trinajstić information content (AvgIpc) is 2.97. The van der Waals surface area contributed by atoms with Crippen molar-refractivity contribution >= 4 is 33.2 Å². The molecule has 8 heteroatoms. The van der Waals surface area contributed by atoms with Crippen molar-refractivity contribution in [3.63, 3.8) is 0 Å². The van der Waals surface area contributed by atoms with E-state index in [0.717, 1.165) is 18.7 Å². The molecule has 1 heterocycles. The zero-order chi connectivity index (χ0) is 28.1. The number of hydrogen-bond acceptors (Lipinski definition) is 4. The predicted octanol–water partition coefficient (Wildman–Crippen LogP) is 5.85. The Morgan fingerprint density at radius 3 is 1.90 bits per heavy atom. The lowest BCUT2D eigenvalue weighted by Crippen LogP contribution is -2.49. The normalized spacial score (nSPS) is 14.3. The van der Waals surface area contributed by atoms with Crippen LogP contribution in [-0.2, 0) is 16.6 Å². The van der Waals surface area contributed by atoms with Crippen LogP contribution in [0.1, 0.15) is 33.1 Å². The highest BCUT2D eigenvalue weighted by atomic mass is 35.5. The molecule has 1 fully saturated rings. The summed E-state index contributed by atoms with van der Waals surface area (Å²) in [7, 11) is -3.53. The first-order chi connectivity index (χ1) is 19.3. The van der Waals surface area contributed by atoms with Crippen LogP contribution in [0.3, 0.4) is 0 Å². The molecule has 0 aromatic heterocycles. The number of amides is 1. The molecule has 0 atom stereocenters. The highest BCUT2D eigenvalue weighted by Crippen LogP contribution is 2.30. The van der Waals surface area contributed by atoms with E-state index in [4.69, 9.17) is 11.6 Å². The lowest BCUT2D eigenvalue weighted by atomic mass is 9.96. The molecule has 5 rings (SSSR count). The number of nitrogens with zero attached hydrogens (tertiary/aromatic N) is 3. The zero-order valence-corrected chi connectivity index (χ0v) is 23.9. The number of anilines is 1. The fourth-order valence-corrected chi connectivity index (χ4v) is 6.26. The third-order valence-corrected chi connectivity index (χ3v) is 8.60. The second-order valence-electron chi connectivity index (χ2n) is 10.00. The van der Waals surface area contributed by atoms with E-state index < -0.39 is 10.0 Å². The molecule has 40 heavy (non-hydrogen) atoms. The number of piperazine rings is 1. The van der Waals surface area contributed by atoms with Gasteiger partial charge in [-0.25, -0.2) is 8.42 Å². The Kier molecular flexibility index (Phi) is 8.54. The minimum Gasteiger partial charge on any atom is -0.336 e. The molecule has 1 saturated heterocycles. The largest absolute Gasteiger partial charge is 0.336 e. The SMILES string of the molecule is CS(=O)(=O)N(Cc1ccc(C(=O)N2CCN(C(c3ccccc3)c3ccccc3)CC2)cc1)c1cccc(Cl)c1. The van der Waals surface area contributed by atoms with Gasteiger partial charge in [0.05, 0.1) is 24.5 Å². The second kappa shape index (κ2) is 12.3. The molecule has 0 spiro atoms. The molecule has 206 valence electrons. The molecule has 0 saturated carbocycles. The summed E-state index contributed by atoms with van der Waals surface area (Å²) < 4.78 is 26.3. The molecule has 0 N–H and O–H groups in total. The minimum absolute atomic E-state index is 0.0167. The summed E-state index contributed by atoms with van der Waals surface area (Å²) in [5, 5.41) is 0.464. The number of sulfonamides is 1.